The average Bonchev–Trinajstić information content (AvgIpc) is 2.65. The standard InChI is InChI=1S/C20H27N3O4S/c1-14(2)12-18(23-28(25,26)17-9-7-15(3)8-10-17)19(24)22-13-16-6-5-11-21-20(16)27-4/h5-11,14,18,23H,12-13H2,1-4H3,(H,22,24). The van der Waals surface area contributed by atoms with E-state index in [0.29, 0.717) is 17.9 Å². The summed E-state index contributed by atoms with van der Waals surface area (Å²) in [6.07, 6.45) is 1.97. The Hall–Kier alpha value is -2.45. The molecule has 0 aliphatic heterocycles. The van der Waals surface area contributed by atoms with Crippen molar-refractivity contribution in [3.63, 3.8) is 0 Å². The molecule has 1 aromatic heterocycles. The van der Waals surface area contributed by atoms with E-state index in [-0.39, 0.29) is 17.4 Å². The number of nitrogens with one attached hydrogen (secondary N) is 2. The summed E-state index contributed by atoms with van der Waals surface area (Å²) in [4.78, 5) is 16.9. The second-order valence-corrected chi connectivity index (χ2v) is 8.72. The third-order valence-corrected chi connectivity index (χ3v) is 5.64. The maximum atomic E-state index is 12.7. The van der Waals surface area contributed by atoms with Gasteiger partial charge in [0.05, 0.1) is 12.0 Å². The zero-order valence-corrected chi connectivity index (χ0v) is 17.4. The van der Waals surface area contributed by atoms with Gasteiger partial charge in [0.25, 0.3) is 0 Å². The number of hydrogen-bond donors (Lipinski definition) is 2. The summed E-state index contributed by atoms with van der Waals surface area (Å²) >= 11 is 0. The number of carbonyl (C=O) groups is 1. The third kappa shape index (κ3) is 6.03. The van der Waals surface area contributed by atoms with Crippen LogP contribution >= 0.6 is 0 Å². The lowest BCUT2D eigenvalue weighted by Crippen LogP contribution is -2.47. The number of amides is 1. The van der Waals surface area contributed by atoms with Crippen LogP contribution in [0.5, 0.6) is 5.88 Å². The number of sulfonamides is 1. The van der Waals surface area contributed by atoms with Crippen LogP contribution in [0.1, 0.15) is 31.4 Å². The predicted octanol–water partition coefficient (Wildman–Crippen LogP) is 2.41. The summed E-state index contributed by atoms with van der Waals surface area (Å²) in [5, 5.41) is 2.78. The minimum Gasteiger partial charge on any atom is -0.481 e. The van der Waals surface area contributed by atoms with Gasteiger partial charge in [0.2, 0.25) is 21.8 Å². The van der Waals surface area contributed by atoms with Crippen LogP contribution in [0.2, 0.25) is 0 Å². The van der Waals surface area contributed by atoms with E-state index in [0.717, 1.165) is 5.56 Å². The Labute approximate surface area is 166 Å². The molecule has 1 aromatic carbocycles. The van der Waals surface area contributed by atoms with Gasteiger partial charge in [-0.15, -0.1) is 0 Å². The Morgan fingerprint density at radius 2 is 1.86 bits per heavy atom. The van der Waals surface area contributed by atoms with Crippen molar-refractivity contribution in [2.75, 3.05) is 7.11 Å². The number of pyridine rings is 1. The molecule has 1 heterocycles. The molecule has 2 aromatic rings. The highest BCUT2D eigenvalue weighted by Crippen LogP contribution is 2.15. The highest BCUT2D eigenvalue weighted by Gasteiger charge is 2.26. The van der Waals surface area contributed by atoms with Crippen molar-refractivity contribution in [1.82, 2.24) is 15.0 Å². The molecule has 2 N–H and O–H groups in total. The van der Waals surface area contributed by atoms with Gasteiger partial charge in [-0.2, -0.15) is 4.72 Å². The van der Waals surface area contributed by atoms with E-state index in [9.17, 15) is 13.2 Å². The molecule has 28 heavy (non-hydrogen) atoms. The topological polar surface area (TPSA) is 97.4 Å². The van der Waals surface area contributed by atoms with Crippen LogP contribution in [-0.2, 0) is 21.4 Å². The minimum atomic E-state index is -3.81. The molecule has 0 saturated carbocycles. The summed E-state index contributed by atoms with van der Waals surface area (Å²) < 4.78 is 33.1. The Bertz CT molecular complexity index is 896. The van der Waals surface area contributed by atoms with Gasteiger partial charge < -0.3 is 10.1 Å². The quantitative estimate of drug-likeness (QED) is 0.668. The summed E-state index contributed by atoms with van der Waals surface area (Å²) in [6, 6.07) is 9.16. The van der Waals surface area contributed by atoms with E-state index in [1.54, 1.807) is 30.5 Å². The summed E-state index contributed by atoms with van der Waals surface area (Å²) in [7, 11) is -2.31. The van der Waals surface area contributed by atoms with Gasteiger partial charge in [-0.3, -0.25) is 4.79 Å². The van der Waals surface area contributed by atoms with Crippen molar-refractivity contribution in [3.05, 3.63) is 53.7 Å². The first-order chi connectivity index (χ1) is 13.2. The van der Waals surface area contributed by atoms with Crippen molar-refractivity contribution in [1.29, 1.82) is 0 Å². The number of aromatic nitrogens is 1. The van der Waals surface area contributed by atoms with Gasteiger partial charge in [-0.05, 0) is 37.5 Å². The maximum absolute atomic E-state index is 12.7. The molecule has 7 nitrogen and oxygen atoms in total. The molecule has 0 bridgehead atoms. The van der Waals surface area contributed by atoms with E-state index in [1.165, 1.54) is 19.2 Å². The molecule has 2 rings (SSSR count). The molecule has 1 unspecified atom stereocenters. The lowest BCUT2D eigenvalue weighted by molar-refractivity contribution is -0.123. The molecular formula is C20H27N3O4S. The Kier molecular flexibility index (Phi) is 7.53. The van der Waals surface area contributed by atoms with Crippen molar-refractivity contribution < 1.29 is 17.9 Å². The average molecular weight is 406 g/mol. The van der Waals surface area contributed by atoms with E-state index in [1.807, 2.05) is 20.8 Å². The zero-order valence-electron chi connectivity index (χ0n) is 16.6. The number of aryl methyl sites for hydroxylation is 1. The molecule has 0 saturated heterocycles. The van der Waals surface area contributed by atoms with Gasteiger partial charge in [-0.1, -0.05) is 37.6 Å². The van der Waals surface area contributed by atoms with Gasteiger partial charge in [-0.25, -0.2) is 13.4 Å². The van der Waals surface area contributed by atoms with E-state index in [2.05, 4.69) is 15.0 Å². The lowest BCUT2D eigenvalue weighted by atomic mass is 10.0. The smallest absolute Gasteiger partial charge is 0.241 e. The van der Waals surface area contributed by atoms with Crippen LogP contribution in [0, 0.1) is 12.8 Å². The van der Waals surface area contributed by atoms with Crippen molar-refractivity contribution in [2.24, 2.45) is 5.92 Å². The molecular weight excluding hydrogens is 378 g/mol. The van der Waals surface area contributed by atoms with Crippen LogP contribution < -0.4 is 14.8 Å². The Balaban J connectivity index is 2.13. The van der Waals surface area contributed by atoms with Crippen LogP contribution in [0.25, 0.3) is 0 Å². The highest BCUT2D eigenvalue weighted by atomic mass is 32.2. The van der Waals surface area contributed by atoms with Crippen LogP contribution in [0.3, 0.4) is 0 Å². The Morgan fingerprint density at radius 3 is 2.46 bits per heavy atom. The number of rotatable bonds is 9. The fourth-order valence-electron chi connectivity index (χ4n) is 2.70. The molecule has 0 radical (unpaired) electrons. The molecule has 0 aliphatic rings. The first kappa shape index (κ1) is 21.8. The fourth-order valence-corrected chi connectivity index (χ4v) is 3.91. The Morgan fingerprint density at radius 1 is 1.18 bits per heavy atom. The second-order valence-electron chi connectivity index (χ2n) is 7.01. The zero-order chi connectivity index (χ0) is 20.7. The molecule has 1 atom stereocenters. The normalized spacial score (nSPS) is 12.6. The summed E-state index contributed by atoms with van der Waals surface area (Å²) in [6.45, 7) is 5.94. The largest absolute Gasteiger partial charge is 0.481 e. The molecule has 0 aliphatic carbocycles. The number of nitrogens with zero attached hydrogens (tertiary/aromatic N) is 1. The van der Waals surface area contributed by atoms with Crippen molar-refractivity contribution >= 4 is 15.9 Å². The number of carbonyl (C=O) groups excluding carboxylic acids is 1. The first-order valence-electron chi connectivity index (χ1n) is 9.07. The number of hydrogen-bond acceptors (Lipinski definition) is 5. The molecule has 0 fully saturated rings. The van der Waals surface area contributed by atoms with E-state index in [4.69, 9.17) is 4.74 Å². The molecule has 0 spiro atoms. The predicted molar refractivity (Wildman–Crippen MR) is 107 cm³/mol. The van der Waals surface area contributed by atoms with Crippen molar-refractivity contribution in [2.45, 2.75) is 44.7 Å². The fraction of sp³-hybridized carbons (Fsp3) is 0.400. The minimum absolute atomic E-state index is 0.129. The van der Waals surface area contributed by atoms with E-state index >= 15 is 0 Å². The van der Waals surface area contributed by atoms with Gasteiger partial charge in [0, 0.05) is 18.3 Å². The van der Waals surface area contributed by atoms with Crippen LogP contribution in [0.4, 0.5) is 0 Å². The summed E-state index contributed by atoms with van der Waals surface area (Å²) in [5.41, 5.74) is 1.67. The third-order valence-electron chi connectivity index (χ3n) is 4.15. The SMILES string of the molecule is COc1ncccc1CNC(=O)C(CC(C)C)NS(=O)(=O)c1ccc(C)cc1. The first-order valence-corrected chi connectivity index (χ1v) is 10.6. The van der Waals surface area contributed by atoms with Crippen molar-refractivity contribution in [3.8, 4) is 5.88 Å². The van der Waals surface area contributed by atoms with Gasteiger partial charge in [0.15, 0.2) is 0 Å². The second kappa shape index (κ2) is 9.66. The van der Waals surface area contributed by atoms with Gasteiger partial charge >= 0.3 is 0 Å². The number of methoxy groups -OCH3 is 1. The summed E-state index contributed by atoms with van der Waals surface area (Å²) in [5.74, 6) is 0.156. The lowest BCUT2D eigenvalue weighted by Gasteiger charge is -2.20. The van der Waals surface area contributed by atoms with E-state index < -0.39 is 22.0 Å². The van der Waals surface area contributed by atoms with Crippen LogP contribution in [-0.4, -0.2) is 32.5 Å². The highest BCUT2D eigenvalue weighted by molar-refractivity contribution is 7.89. The number of benzene rings is 1. The monoisotopic (exact) mass is 405 g/mol. The molecule has 1 amide bonds. The number of ether oxygens (including phenoxy) is 1. The van der Waals surface area contributed by atoms with Gasteiger partial charge in [0.1, 0.15) is 6.04 Å². The maximum Gasteiger partial charge on any atom is 0.241 e. The molecule has 8 heteroatoms. The van der Waals surface area contributed by atoms with Crippen LogP contribution in [0.15, 0.2) is 47.5 Å². The molecule has 152 valence electrons.